The molecule has 1 aliphatic carbocycles. The summed E-state index contributed by atoms with van der Waals surface area (Å²) in [5.41, 5.74) is 0.353. The minimum absolute atomic E-state index is 0.0256. The van der Waals surface area contributed by atoms with E-state index < -0.39 is 48.1 Å². The van der Waals surface area contributed by atoms with Gasteiger partial charge in [-0.15, -0.1) is 0 Å². The largest absolute Gasteiger partial charge is 0.465 e. The van der Waals surface area contributed by atoms with E-state index in [4.69, 9.17) is 23.7 Å². The number of carbonyl (C=O) groups is 3. The highest BCUT2D eigenvalue weighted by molar-refractivity contribution is 5.90. The molecule has 0 amide bonds. The molecule has 27 heavy (non-hydrogen) atoms. The molecule has 0 aromatic heterocycles. The van der Waals surface area contributed by atoms with Crippen molar-refractivity contribution in [2.75, 3.05) is 6.61 Å². The van der Waals surface area contributed by atoms with Crippen LogP contribution in [0.15, 0.2) is 24.3 Å². The molecule has 8 nitrogen and oxygen atoms in total. The normalized spacial score (nSPS) is 42.2. The molecule has 3 heterocycles. The second-order valence-electron chi connectivity index (χ2n) is 7.66. The van der Waals surface area contributed by atoms with Gasteiger partial charge in [-0.25, -0.2) is 4.79 Å². The highest BCUT2D eigenvalue weighted by Crippen LogP contribution is 2.60. The standard InChI is InChI=1S/C19H22O8/c1-8-12-5-13-9(2)17-26-15(18(27-17)24-11(4)21)19(13,7-23-10(3)20)6-14(12)25-16(8)22/h12-15,17-18H,1-2,5-7H2,3-4H3/t12-,13+,14-,15-,17+,18-,19+/m1/s1. The molecule has 1 saturated carbocycles. The molecule has 0 aromatic carbocycles. The second kappa shape index (κ2) is 6.17. The average Bonchev–Trinajstić information content (AvgIpc) is 3.10. The van der Waals surface area contributed by atoms with Gasteiger partial charge in [-0.05, 0) is 24.3 Å². The topological polar surface area (TPSA) is 97.4 Å². The Morgan fingerprint density at radius 2 is 1.96 bits per heavy atom. The SMILES string of the molecule is C=C1C(=O)O[C@@H]2C[C@@]3(COC(C)=O)[C@@H]4O[C@@H](O[C@H]4OC(C)=O)C(=C)[C@@H]3C[C@H]12. The lowest BCUT2D eigenvalue weighted by atomic mass is 9.56. The third-order valence-corrected chi connectivity index (χ3v) is 6.10. The second-order valence-corrected chi connectivity index (χ2v) is 7.66. The quantitative estimate of drug-likeness (QED) is 0.313. The zero-order chi connectivity index (χ0) is 19.5. The highest BCUT2D eigenvalue weighted by Gasteiger charge is 2.66. The summed E-state index contributed by atoms with van der Waals surface area (Å²) in [6.07, 6.45) is -1.78. The Morgan fingerprint density at radius 3 is 2.63 bits per heavy atom. The molecule has 0 unspecified atom stereocenters. The van der Waals surface area contributed by atoms with Crippen molar-refractivity contribution < 1.29 is 38.1 Å². The van der Waals surface area contributed by atoms with Crippen LogP contribution in [0.4, 0.5) is 0 Å². The van der Waals surface area contributed by atoms with Gasteiger partial charge in [-0.3, -0.25) is 9.59 Å². The molecule has 3 saturated heterocycles. The van der Waals surface area contributed by atoms with Crippen LogP contribution < -0.4 is 0 Å². The van der Waals surface area contributed by atoms with E-state index in [9.17, 15) is 14.4 Å². The highest BCUT2D eigenvalue weighted by atomic mass is 16.8. The molecule has 3 aliphatic heterocycles. The maximum atomic E-state index is 12.0. The van der Waals surface area contributed by atoms with Crippen LogP contribution in [0.5, 0.6) is 0 Å². The van der Waals surface area contributed by atoms with Crippen LogP contribution in [-0.2, 0) is 38.1 Å². The van der Waals surface area contributed by atoms with Crippen LogP contribution in [0.1, 0.15) is 26.7 Å². The molecule has 0 radical (unpaired) electrons. The summed E-state index contributed by atoms with van der Waals surface area (Å²) < 4.78 is 27.9. The van der Waals surface area contributed by atoms with Gasteiger partial charge in [0, 0.05) is 30.8 Å². The van der Waals surface area contributed by atoms with Gasteiger partial charge in [0.05, 0.1) is 0 Å². The molecular weight excluding hydrogens is 356 g/mol. The molecule has 2 bridgehead atoms. The third-order valence-electron chi connectivity index (χ3n) is 6.10. The fourth-order valence-electron chi connectivity index (χ4n) is 4.89. The zero-order valence-corrected chi connectivity index (χ0v) is 15.3. The van der Waals surface area contributed by atoms with Crippen molar-refractivity contribution in [1.82, 2.24) is 0 Å². The first-order valence-corrected chi connectivity index (χ1v) is 8.93. The number of rotatable bonds is 3. The summed E-state index contributed by atoms with van der Waals surface area (Å²) in [7, 11) is 0. The molecule has 146 valence electrons. The van der Waals surface area contributed by atoms with Crippen LogP contribution in [0.3, 0.4) is 0 Å². The van der Waals surface area contributed by atoms with Crippen molar-refractivity contribution in [3.63, 3.8) is 0 Å². The smallest absolute Gasteiger partial charge is 0.334 e. The van der Waals surface area contributed by atoms with Crippen molar-refractivity contribution >= 4 is 17.9 Å². The summed E-state index contributed by atoms with van der Waals surface area (Å²) >= 11 is 0. The molecule has 4 rings (SSSR count). The van der Waals surface area contributed by atoms with Gasteiger partial charge >= 0.3 is 17.9 Å². The number of carbonyl (C=O) groups excluding carboxylic acids is 3. The lowest BCUT2D eigenvalue weighted by Crippen LogP contribution is -2.58. The van der Waals surface area contributed by atoms with Crippen LogP contribution in [0.2, 0.25) is 0 Å². The summed E-state index contributed by atoms with van der Waals surface area (Å²) in [4.78, 5) is 35.1. The maximum absolute atomic E-state index is 12.0. The van der Waals surface area contributed by atoms with Gasteiger partial charge < -0.3 is 23.7 Å². The molecule has 0 aromatic rings. The summed E-state index contributed by atoms with van der Waals surface area (Å²) in [5.74, 6) is -1.64. The molecule has 0 spiro atoms. The molecular formula is C19H22O8. The van der Waals surface area contributed by atoms with Gasteiger partial charge in [0.2, 0.25) is 6.29 Å². The van der Waals surface area contributed by atoms with Crippen molar-refractivity contribution in [2.24, 2.45) is 17.3 Å². The lowest BCUT2D eigenvalue weighted by Gasteiger charge is -2.52. The Labute approximate surface area is 156 Å². The van der Waals surface area contributed by atoms with Gasteiger partial charge in [-0.1, -0.05) is 13.2 Å². The first kappa shape index (κ1) is 18.2. The Bertz CT molecular complexity index is 742. The summed E-state index contributed by atoms with van der Waals surface area (Å²) in [6, 6.07) is 0. The van der Waals surface area contributed by atoms with Crippen LogP contribution >= 0.6 is 0 Å². The fraction of sp³-hybridized carbons (Fsp3) is 0.632. The molecule has 7 atom stereocenters. The lowest BCUT2D eigenvalue weighted by molar-refractivity contribution is -0.194. The van der Waals surface area contributed by atoms with Gasteiger partial charge in [0.25, 0.3) is 0 Å². The molecule has 4 aliphatic rings. The van der Waals surface area contributed by atoms with Gasteiger partial charge in [0.15, 0.2) is 6.29 Å². The van der Waals surface area contributed by atoms with E-state index in [1.54, 1.807) is 0 Å². The Hall–Kier alpha value is -2.19. The van der Waals surface area contributed by atoms with E-state index in [0.29, 0.717) is 24.0 Å². The van der Waals surface area contributed by atoms with Crippen molar-refractivity contribution in [2.45, 2.75) is 51.5 Å². The number of hydrogen-bond acceptors (Lipinski definition) is 8. The van der Waals surface area contributed by atoms with E-state index in [1.165, 1.54) is 13.8 Å². The minimum atomic E-state index is -0.943. The van der Waals surface area contributed by atoms with Gasteiger partial charge in [0.1, 0.15) is 18.8 Å². The number of fused-ring (bicyclic) bond motifs is 5. The number of hydrogen-bond donors (Lipinski definition) is 0. The van der Waals surface area contributed by atoms with Crippen molar-refractivity contribution in [1.29, 1.82) is 0 Å². The predicted molar refractivity (Wildman–Crippen MR) is 88.7 cm³/mol. The fourth-order valence-corrected chi connectivity index (χ4v) is 4.89. The monoisotopic (exact) mass is 378 g/mol. The van der Waals surface area contributed by atoms with Crippen molar-refractivity contribution in [3.8, 4) is 0 Å². The van der Waals surface area contributed by atoms with Crippen molar-refractivity contribution in [3.05, 3.63) is 24.3 Å². The first-order chi connectivity index (χ1) is 12.7. The molecule has 0 N–H and O–H groups in total. The van der Waals surface area contributed by atoms with Crippen LogP contribution in [0, 0.1) is 17.3 Å². The summed E-state index contributed by atoms with van der Waals surface area (Å²) in [6.45, 7) is 10.6. The first-order valence-electron chi connectivity index (χ1n) is 8.93. The third kappa shape index (κ3) is 2.70. The van der Waals surface area contributed by atoms with E-state index in [-0.39, 0.29) is 18.4 Å². The Kier molecular flexibility index (Phi) is 4.16. The number of esters is 3. The average molecular weight is 378 g/mol. The van der Waals surface area contributed by atoms with E-state index in [0.717, 1.165) is 0 Å². The Morgan fingerprint density at radius 1 is 1.22 bits per heavy atom. The number of ether oxygens (including phenoxy) is 5. The van der Waals surface area contributed by atoms with E-state index >= 15 is 0 Å². The summed E-state index contributed by atoms with van der Waals surface area (Å²) in [5, 5.41) is 0. The molecule has 4 fully saturated rings. The van der Waals surface area contributed by atoms with E-state index in [2.05, 4.69) is 13.2 Å². The predicted octanol–water partition coefficient (Wildman–Crippen LogP) is 1.24. The van der Waals surface area contributed by atoms with Crippen LogP contribution in [-0.4, -0.2) is 49.3 Å². The molecule has 8 heteroatoms. The van der Waals surface area contributed by atoms with E-state index in [1.807, 2.05) is 0 Å². The van der Waals surface area contributed by atoms with Gasteiger partial charge in [-0.2, -0.15) is 0 Å². The Balaban J connectivity index is 1.73. The minimum Gasteiger partial charge on any atom is -0.465 e. The maximum Gasteiger partial charge on any atom is 0.334 e. The van der Waals surface area contributed by atoms with Crippen LogP contribution in [0.25, 0.3) is 0 Å². The zero-order valence-electron chi connectivity index (χ0n) is 15.3.